The van der Waals surface area contributed by atoms with Crippen LogP contribution in [-0.4, -0.2) is 9.55 Å². The highest BCUT2D eigenvalue weighted by molar-refractivity contribution is 5.94. The molecule has 3 rings (SSSR count). The minimum atomic E-state index is 0.00468. The molecule has 0 radical (unpaired) electrons. The number of aromatic nitrogens is 2. The smallest absolute Gasteiger partial charge is 0.255 e. The first-order valence-corrected chi connectivity index (χ1v) is 6.20. The number of fused-ring (bicyclic) bond motifs is 1. The second-order valence-corrected chi connectivity index (χ2v) is 4.60. The number of hydrogen-bond acceptors (Lipinski definition) is 2. The fourth-order valence-corrected chi connectivity index (χ4v) is 2.49. The number of aryl methyl sites for hydroxylation is 1. The molecule has 2 heterocycles. The summed E-state index contributed by atoms with van der Waals surface area (Å²) in [5, 5.41) is 1.01. The Kier molecular flexibility index (Phi) is 2.67. The van der Waals surface area contributed by atoms with Crippen LogP contribution < -0.4 is 5.56 Å². The lowest BCUT2D eigenvalue weighted by Gasteiger charge is -2.12. The zero-order valence-electron chi connectivity index (χ0n) is 10.9. The molecule has 0 unspecified atom stereocenters. The summed E-state index contributed by atoms with van der Waals surface area (Å²) >= 11 is 0. The minimum Gasteiger partial charge on any atom is -0.296 e. The molecule has 2 aromatic heterocycles. The molecule has 0 aliphatic heterocycles. The van der Waals surface area contributed by atoms with Gasteiger partial charge in [-0.2, -0.15) is 0 Å². The fraction of sp³-hybridized carbons (Fsp3) is 0.125. The first-order valence-electron chi connectivity index (χ1n) is 6.20. The Morgan fingerprint density at radius 2 is 1.79 bits per heavy atom. The van der Waals surface area contributed by atoms with Crippen molar-refractivity contribution in [2.45, 2.75) is 6.92 Å². The van der Waals surface area contributed by atoms with E-state index >= 15 is 0 Å². The molecule has 0 saturated carbocycles. The number of benzene rings is 1. The normalized spacial score (nSPS) is 10.8. The van der Waals surface area contributed by atoms with Crippen LogP contribution in [0.5, 0.6) is 0 Å². The molecule has 3 heteroatoms. The Morgan fingerprint density at radius 1 is 1.05 bits per heavy atom. The SMILES string of the molecule is Cc1c(-c2ccccc2)c2cccnc2n(C)c1=O. The van der Waals surface area contributed by atoms with Gasteiger partial charge in [0.15, 0.2) is 0 Å². The minimum absolute atomic E-state index is 0.00468. The molecule has 0 aliphatic rings. The average molecular weight is 250 g/mol. The van der Waals surface area contributed by atoms with Gasteiger partial charge in [-0.1, -0.05) is 30.3 Å². The van der Waals surface area contributed by atoms with E-state index < -0.39 is 0 Å². The molecule has 0 saturated heterocycles. The van der Waals surface area contributed by atoms with E-state index in [1.54, 1.807) is 17.8 Å². The largest absolute Gasteiger partial charge is 0.296 e. The summed E-state index contributed by atoms with van der Waals surface area (Å²) in [6, 6.07) is 13.9. The maximum Gasteiger partial charge on any atom is 0.255 e. The summed E-state index contributed by atoms with van der Waals surface area (Å²) in [4.78, 5) is 16.6. The standard InChI is InChI=1S/C16H14N2O/c1-11-14(12-7-4-3-5-8-12)13-9-6-10-17-15(13)18(2)16(11)19/h3-10H,1-2H3. The van der Waals surface area contributed by atoms with Crippen LogP contribution in [0.1, 0.15) is 5.56 Å². The predicted molar refractivity (Wildman–Crippen MR) is 77.2 cm³/mol. The van der Waals surface area contributed by atoms with Crippen molar-refractivity contribution < 1.29 is 0 Å². The first kappa shape index (κ1) is 11.7. The van der Waals surface area contributed by atoms with Crippen molar-refractivity contribution in [3.8, 4) is 11.1 Å². The lowest BCUT2D eigenvalue weighted by molar-refractivity contribution is 0.877. The van der Waals surface area contributed by atoms with Crippen molar-refractivity contribution in [1.29, 1.82) is 0 Å². The maximum absolute atomic E-state index is 12.3. The highest BCUT2D eigenvalue weighted by atomic mass is 16.1. The van der Waals surface area contributed by atoms with Gasteiger partial charge < -0.3 is 0 Å². The molecular formula is C16H14N2O. The van der Waals surface area contributed by atoms with Crippen LogP contribution in [0.25, 0.3) is 22.2 Å². The summed E-state index contributed by atoms with van der Waals surface area (Å²) < 4.78 is 1.61. The Morgan fingerprint density at radius 3 is 2.53 bits per heavy atom. The Labute approximate surface area is 111 Å². The van der Waals surface area contributed by atoms with Gasteiger partial charge in [0.1, 0.15) is 5.65 Å². The van der Waals surface area contributed by atoms with Crippen LogP contribution in [0.15, 0.2) is 53.5 Å². The van der Waals surface area contributed by atoms with Gasteiger partial charge in [0.25, 0.3) is 5.56 Å². The molecule has 3 nitrogen and oxygen atoms in total. The van der Waals surface area contributed by atoms with Crippen molar-refractivity contribution in [2.24, 2.45) is 7.05 Å². The van der Waals surface area contributed by atoms with Gasteiger partial charge in [0.2, 0.25) is 0 Å². The van der Waals surface area contributed by atoms with Crippen LogP contribution in [0.3, 0.4) is 0 Å². The molecular weight excluding hydrogens is 236 g/mol. The van der Waals surface area contributed by atoms with Crippen molar-refractivity contribution >= 4 is 11.0 Å². The maximum atomic E-state index is 12.3. The van der Waals surface area contributed by atoms with E-state index in [-0.39, 0.29) is 5.56 Å². The topological polar surface area (TPSA) is 34.9 Å². The Balaban J connectivity index is 2.52. The molecule has 0 amide bonds. The van der Waals surface area contributed by atoms with E-state index in [0.717, 1.165) is 27.7 Å². The third-order valence-electron chi connectivity index (χ3n) is 3.44. The molecule has 19 heavy (non-hydrogen) atoms. The summed E-state index contributed by atoms with van der Waals surface area (Å²) in [5.74, 6) is 0. The van der Waals surface area contributed by atoms with Crippen LogP contribution >= 0.6 is 0 Å². The van der Waals surface area contributed by atoms with Crippen molar-refractivity contribution in [3.63, 3.8) is 0 Å². The van der Waals surface area contributed by atoms with E-state index in [2.05, 4.69) is 4.98 Å². The van der Waals surface area contributed by atoms with Crippen LogP contribution in [0.2, 0.25) is 0 Å². The van der Waals surface area contributed by atoms with Crippen molar-refractivity contribution in [3.05, 3.63) is 64.6 Å². The van der Waals surface area contributed by atoms with E-state index in [0.29, 0.717) is 0 Å². The van der Waals surface area contributed by atoms with E-state index in [4.69, 9.17) is 0 Å². The molecule has 0 aliphatic carbocycles. The van der Waals surface area contributed by atoms with Gasteiger partial charge in [0, 0.05) is 29.8 Å². The fourth-order valence-electron chi connectivity index (χ4n) is 2.49. The summed E-state index contributed by atoms with van der Waals surface area (Å²) in [6.07, 6.45) is 1.71. The van der Waals surface area contributed by atoms with E-state index in [1.807, 2.05) is 49.4 Å². The van der Waals surface area contributed by atoms with Gasteiger partial charge >= 0.3 is 0 Å². The summed E-state index contributed by atoms with van der Waals surface area (Å²) in [5.41, 5.74) is 3.51. The van der Waals surface area contributed by atoms with E-state index in [9.17, 15) is 4.79 Å². The average Bonchev–Trinajstić information content (AvgIpc) is 2.46. The van der Waals surface area contributed by atoms with Gasteiger partial charge in [0.05, 0.1) is 0 Å². The van der Waals surface area contributed by atoms with Gasteiger partial charge in [-0.25, -0.2) is 4.98 Å². The van der Waals surface area contributed by atoms with Crippen molar-refractivity contribution in [1.82, 2.24) is 9.55 Å². The Bertz CT molecular complexity index is 804. The summed E-state index contributed by atoms with van der Waals surface area (Å²) in [7, 11) is 1.76. The van der Waals surface area contributed by atoms with Crippen LogP contribution in [-0.2, 0) is 7.05 Å². The highest BCUT2D eigenvalue weighted by Gasteiger charge is 2.13. The van der Waals surface area contributed by atoms with Gasteiger partial charge in [-0.3, -0.25) is 9.36 Å². The molecule has 1 aromatic carbocycles. The summed E-state index contributed by atoms with van der Waals surface area (Å²) in [6.45, 7) is 1.87. The molecule has 0 fully saturated rings. The molecule has 0 N–H and O–H groups in total. The van der Waals surface area contributed by atoms with Gasteiger partial charge in [-0.15, -0.1) is 0 Å². The number of rotatable bonds is 1. The third-order valence-corrected chi connectivity index (χ3v) is 3.44. The van der Waals surface area contributed by atoms with Crippen molar-refractivity contribution in [2.75, 3.05) is 0 Å². The molecule has 94 valence electrons. The second-order valence-electron chi connectivity index (χ2n) is 4.60. The quantitative estimate of drug-likeness (QED) is 0.665. The lowest BCUT2D eigenvalue weighted by Crippen LogP contribution is -2.21. The zero-order chi connectivity index (χ0) is 13.4. The third kappa shape index (κ3) is 1.74. The molecule has 0 spiro atoms. The van der Waals surface area contributed by atoms with Gasteiger partial charge in [-0.05, 0) is 24.6 Å². The molecule has 3 aromatic rings. The van der Waals surface area contributed by atoms with Crippen LogP contribution in [0, 0.1) is 6.92 Å². The van der Waals surface area contributed by atoms with Crippen LogP contribution in [0.4, 0.5) is 0 Å². The molecule has 0 atom stereocenters. The second kappa shape index (κ2) is 4.35. The monoisotopic (exact) mass is 250 g/mol. The molecule has 0 bridgehead atoms. The number of nitrogens with zero attached hydrogens (tertiary/aromatic N) is 2. The zero-order valence-corrected chi connectivity index (χ0v) is 10.9. The number of pyridine rings is 2. The first-order chi connectivity index (χ1) is 9.20. The van der Waals surface area contributed by atoms with E-state index in [1.165, 1.54) is 0 Å². The highest BCUT2D eigenvalue weighted by Crippen LogP contribution is 2.28. The lowest BCUT2D eigenvalue weighted by atomic mass is 9.98. The Hall–Kier alpha value is -2.42. The number of hydrogen-bond donors (Lipinski definition) is 0. The predicted octanol–water partition coefficient (Wildman–Crippen LogP) is 2.91.